The van der Waals surface area contributed by atoms with E-state index in [1.165, 1.54) is 11.6 Å². The maximum atomic E-state index is 12.8. The molecule has 29 heavy (non-hydrogen) atoms. The minimum absolute atomic E-state index is 0. The van der Waals surface area contributed by atoms with Crippen LogP contribution in [-0.2, 0) is 31.7 Å². The average molecular weight is 442 g/mol. The number of nitrogens with zero attached hydrogens (tertiary/aromatic N) is 1. The number of hydrogen-bond acceptors (Lipinski definition) is 4. The topological polar surface area (TPSA) is 54.5 Å². The van der Waals surface area contributed by atoms with Gasteiger partial charge in [0.2, 0.25) is 0 Å². The second-order valence-corrected chi connectivity index (χ2v) is 5.73. The first-order valence-corrected chi connectivity index (χ1v) is 8.10. The van der Waals surface area contributed by atoms with Crippen molar-refractivity contribution in [3.63, 3.8) is 0 Å². The Morgan fingerprint density at radius 1 is 0.759 bits per heavy atom. The van der Waals surface area contributed by atoms with Crippen molar-refractivity contribution in [2.75, 3.05) is 14.1 Å². The monoisotopic (exact) mass is 441 g/mol. The van der Waals surface area contributed by atoms with E-state index in [9.17, 15) is 4.39 Å². The molecule has 0 amide bonds. The van der Waals surface area contributed by atoms with Gasteiger partial charge in [-0.25, -0.2) is 4.39 Å². The fourth-order valence-corrected chi connectivity index (χ4v) is 1.97. The van der Waals surface area contributed by atoms with E-state index in [0.29, 0.717) is 6.04 Å². The molecule has 0 aliphatic heterocycles. The van der Waals surface area contributed by atoms with E-state index in [1.807, 2.05) is 32.0 Å². The molecule has 160 valence electrons. The molecule has 2 rings (SSSR count). The van der Waals surface area contributed by atoms with Crippen molar-refractivity contribution in [1.29, 1.82) is 0 Å². The molecule has 0 unspecified atom stereocenters. The molecule has 0 fully saturated rings. The van der Waals surface area contributed by atoms with E-state index in [4.69, 9.17) is 14.4 Å². The normalized spacial score (nSPS) is 9.10. The van der Waals surface area contributed by atoms with Crippen molar-refractivity contribution < 1.29 is 36.1 Å². The molecule has 0 bridgehead atoms. The van der Waals surface area contributed by atoms with Crippen LogP contribution in [0.2, 0.25) is 0 Å². The number of benzene rings is 2. The Morgan fingerprint density at radius 3 is 1.45 bits per heavy atom. The zero-order valence-electron chi connectivity index (χ0n) is 18.0. The summed E-state index contributed by atoms with van der Waals surface area (Å²) in [5, 5.41) is 0. The molecule has 0 spiro atoms. The fourth-order valence-electron chi connectivity index (χ4n) is 1.97. The molecule has 6 heteroatoms. The third kappa shape index (κ3) is 17.7. The second-order valence-electron chi connectivity index (χ2n) is 5.73. The van der Waals surface area contributed by atoms with Crippen molar-refractivity contribution in [1.82, 2.24) is 4.90 Å². The van der Waals surface area contributed by atoms with Crippen LogP contribution in [0.5, 0.6) is 0 Å². The number of halogens is 1. The average Bonchev–Trinajstić information content (AvgIpc) is 2.73. The molecule has 2 aromatic carbocycles. The van der Waals surface area contributed by atoms with Crippen molar-refractivity contribution in [2.45, 2.75) is 32.7 Å². The van der Waals surface area contributed by atoms with Crippen molar-refractivity contribution in [3.8, 4) is 0 Å². The van der Waals surface area contributed by atoms with Gasteiger partial charge in [-0.15, -0.1) is 0 Å². The first kappa shape index (κ1) is 37.6. The molecule has 0 saturated heterocycles. The molecule has 0 heterocycles. The summed E-state index contributed by atoms with van der Waals surface area (Å²) in [6.45, 7) is 15.9. The molecule has 0 radical (unpaired) electrons. The van der Waals surface area contributed by atoms with Crippen LogP contribution in [0.1, 0.15) is 43.9 Å². The van der Waals surface area contributed by atoms with Gasteiger partial charge in [-0.1, -0.05) is 62.4 Å². The minimum atomic E-state index is -0.0995. The summed E-state index contributed by atoms with van der Waals surface area (Å²) in [7, 11) is 4.19. The van der Waals surface area contributed by atoms with Crippen LogP contribution in [0.4, 0.5) is 4.39 Å². The predicted octanol–water partition coefficient (Wildman–Crippen LogP) is 4.88. The van der Waals surface area contributed by atoms with Crippen LogP contribution >= 0.6 is 0 Å². The van der Waals surface area contributed by atoms with Crippen molar-refractivity contribution in [2.24, 2.45) is 0 Å². The molecule has 0 aromatic heterocycles. The summed E-state index contributed by atoms with van der Waals surface area (Å²) >= 11 is 0. The van der Waals surface area contributed by atoms with Gasteiger partial charge in [0.25, 0.3) is 0 Å². The van der Waals surface area contributed by atoms with E-state index in [2.05, 4.69) is 70.6 Å². The summed E-state index contributed by atoms with van der Waals surface area (Å²) in [6.07, 6.45) is 0. The van der Waals surface area contributed by atoms with Crippen LogP contribution in [0.3, 0.4) is 0 Å². The Labute approximate surface area is 187 Å². The van der Waals surface area contributed by atoms with Gasteiger partial charge in [-0.3, -0.25) is 20.4 Å². The van der Waals surface area contributed by atoms with Gasteiger partial charge in [0.15, 0.2) is 0 Å². The van der Waals surface area contributed by atoms with Crippen LogP contribution in [0.25, 0.3) is 0 Å². The Hall–Kier alpha value is -2.13. The Kier molecular flexibility index (Phi) is 33.5. The van der Waals surface area contributed by atoms with E-state index >= 15 is 0 Å². The maximum Gasteiger partial charge on any atom is 4.00 e. The third-order valence-corrected chi connectivity index (χ3v) is 3.58. The molecule has 4 nitrogen and oxygen atoms in total. The van der Waals surface area contributed by atoms with Crippen LogP contribution in [0.15, 0.2) is 54.6 Å². The largest absolute Gasteiger partial charge is 4.00 e. The number of hydrogen-bond donors (Lipinski definition) is 0. The Morgan fingerprint density at radius 2 is 1.14 bits per heavy atom. The van der Waals surface area contributed by atoms with Crippen molar-refractivity contribution >= 4 is 20.4 Å². The van der Waals surface area contributed by atoms with Crippen LogP contribution in [0, 0.1) is 13.2 Å². The summed E-state index contributed by atoms with van der Waals surface area (Å²) in [5.41, 5.74) is 2.17. The van der Waals surface area contributed by atoms with E-state index in [-0.39, 0.29) is 36.5 Å². The summed E-state index contributed by atoms with van der Waals surface area (Å²) in [6, 6.07) is 17.9. The van der Waals surface area contributed by atoms with Gasteiger partial charge >= 0.3 is 17.4 Å². The van der Waals surface area contributed by atoms with Crippen molar-refractivity contribution in [3.05, 3.63) is 79.0 Å². The first-order chi connectivity index (χ1) is 12.9. The van der Waals surface area contributed by atoms with Gasteiger partial charge in [-0.2, -0.15) is 0 Å². The Bertz CT molecular complexity index is 579. The molecule has 2 aromatic rings. The molecule has 0 N–H and O–H groups in total. The second kappa shape index (κ2) is 25.9. The van der Waals surface area contributed by atoms with E-state index < -0.39 is 0 Å². The molecular weight excluding hydrogens is 409 g/mol. The third-order valence-electron chi connectivity index (χ3n) is 3.58. The van der Waals surface area contributed by atoms with Gasteiger partial charge in [0.1, 0.15) is 5.82 Å². The van der Waals surface area contributed by atoms with Crippen LogP contribution < -0.4 is 0 Å². The standard InChI is InChI=1S/C10H15N.C9H11F.3CHO.CH3.Cr/c1-9(11(2)3)10-7-5-4-6-8-10;1-7(2)8-5-3-4-6-9(8)10;3*1-2;;/h4-9H,1-3H3;3-7H,1-2H3;3*1H;1H3;/q;;4*-1;+4/t9-;;;;;;/m1....../s1. The quantitative estimate of drug-likeness (QED) is 0.503. The predicted molar refractivity (Wildman–Crippen MR) is 116 cm³/mol. The Balaban J connectivity index is -0.0000000999. The SMILES string of the molecule is CC(C)c1ccccc1F.C[C@H](c1ccccc1)N(C)C.[CH-]=O.[CH-]=O.[CH-]=O.[CH3-].[Cr+4]. The molecule has 0 aliphatic carbocycles. The molecule has 1 atom stereocenters. The number of carbonyl (C=O) groups excluding carboxylic acids is 3. The van der Waals surface area contributed by atoms with Gasteiger partial charge < -0.3 is 26.7 Å². The number of rotatable bonds is 3. The zero-order chi connectivity index (χ0) is 21.8. The van der Waals surface area contributed by atoms with Gasteiger partial charge in [0.05, 0.1) is 0 Å². The summed E-state index contributed by atoms with van der Waals surface area (Å²) < 4.78 is 12.8. The first-order valence-electron chi connectivity index (χ1n) is 8.10. The maximum absolute atomic E-state index is 12.8. The van der Waals surface area contributed by atoms with E-state index in [0.717, 1.165) is 5.56 Å². The molecule has 0 saturated carbocycles. The summed E-state index contributed by atoms with van der Waals surface area (Å²) in [4.78, 5) is 25.5. The van der Waals surface area contributed by atoms with Gasteiger partial charge in [-0.05, 0) is 44.1 Å². The minimum Gasteiger partial charge on any atom is -0.545 e. The zero-order valence-corrected chi connectivity index (χ0v) is 19.3. The molecular formula is C23H32CrFNO3. The summed E-state index contributed by atoms with van der Waals surface area (Å²) in [5.74, 6) is 0.179. The molecule has 0 aliphatic rings. The van der Waals surface area contributed by atoms with Gasteiger partial charge in [0, 0.05) is 6.04 Å². The fraction of sp³-hybridized carbons (Fsp3) is 0.304. The smallest absolute Gasteiger partial charge is 0.545 e. The van der Waals surface area contributed by atoms with E-state index in [1.54, 1.807) is 6.07 Å². The van der Waals surface area contributed by atoms with Crippen LogP contribution in [-0.4, -0.2) is 39.4 Å².